The monoisotopic (exact) mass is 380 g/mol. The number of nitrogens with one attached hydrogen (secondary N) is 2. The van der Waals surface area contributed by atoms with Crippen molar-refractivity contribution in [3.8, 4) is 5.75 Å². The van der Waals surface area contributed by atoms with Gasteiger partial charge in [-0.05, 0) is 56.2 Å². The fraction of sp³-hybridized carbons (Fsp3) is 0.273. The van der Waals surface area contributed by atoms with Gasteiger partial charge in [0.2, 0.25) is 5.91 Å². The van der Waals surface area contributed by atoms with E-state index in [-0.39, 0.29) is 24.8 Å². The summed E-state index contributed by atoms with van der Waals surface area (Å²) in [5, 5.41) is 6.50. The van der Waals surface area contributed by atoms with Gasteiger partial charge in [0.15, 0.2) is 6.61 Å². The van der Waals surface area contributed by atoms with Gasteiger partial charge in [0.05, 0.1) is 12.7 Å². The number of hydrogen-bond donors (Lipinski definition) is 2. The number of benzene rings is 2. The van der Waals surface area contributed by atoms with Crippen LogP contribution in [0.2, 0.25) is 0 Å². The molecule has 0 bridgehead atoms. The van der Waals surface area contributed by atoms with Crippen LogP contribution in [0.5, 0.6) is 5.75 Å². The van der Waals surface area contributed by atoms with E-state index in [0.717, 1.165) is 27.7 Å². The maximum Gasteiger partial charge on any atom is 0.257 e. The highest BCUT2D eigenvalue weighted by molar-refractivity contribution is 5.96. The fourth-order valence-corrected chi connectivity index (χ4v) is 2.94. The predicted molar refractivity (Wildman–Crippen MR) is 109 cm³/mol. The Morgan fingerprint density at radius 3 is 2.50 bits per heavy atom. The molecule has 0 saturated carbocycles. The van der Waals surface area contributed by atoms with Gasteiger partial charge in [-0.2, -0.15) is 0 Å². The van der Waals surface area contributed by atoms with E-state index < -0.39 is 0 Å². The summed E-state index contributed by atoms with van der Waals surface area (Å²) < 4.78 is 11.1. The molecule has 0 aliphatic heterocycles. The molecule has 0 spiro atoms. The molecule has 0 atom stereocenters. The first-order valence-electron chi connectivity index (χ1n) is 9.23. The Bertz CT molecular complexity index is 990. The summed E-state index contributed by atoms with van der Waals surface area (Å²) >= 11 is 0. The summed E-state index contributed by atoms with van der Waals surface area (Å²) in [6, 6.07) is 10.9. The van der Waals surface area contributed by atoms with Crippen LogP contribution in [0, 0.1) is 13.8 Å². The third-order valence-corrected chi connectivity index (χ3v) is 4.57. The van der Waals surface area contributed by atoms with Crippen molar-refractivity contribution in [1.82, 2.24) is 5.32 Å². The number of anilines is 1. The van der Waals surface area contributed by atoms with E-state index in [4.69, 9.17) is 9.15 Å². The van der Waals surface area contributed by atoms with Crippen LogP contribution in [0.25, 0.3) is 11.0 Å². The molecule has 2 aromatic carbocycles. The van der Waals surface area contributed by atoms with Crippen molar-refractivity contribution >= 4 is 28.5 Å². The van der Waals surface area contributed by atoms with Crippen LogP contribution in [-0.2, 0) is 16.0 Å². The van der Waals surface area contributed by atoms with Crippen molar-refractivity contribution in [2.75, 3.05) is 18.5 Å². The number of carbonyl (C=O) groups is 2. The van der Waals surface area contributed by atoms with Gasteiger partial charge in [-0.1, -0.05) is 12.1 Å². The van der Waals surface area contributed by atoms with Crippen LogP contribution in [0.4, 0.5) is 5.69 Å². The minimum absolute atomic E-state index is 0.0357. The number of amides is 2. The SMILES string of the molecule is CCNC(=O)COc1ccc(NC(=O)Cc2coc3c(C)c(C)ccc23)cc1. The van der Waals surface area contributed by atoms with Crippen LogP contribution in [0.3, 0.4) is 0 Å². The molecular formula is C22H24N2O4. The lowest BCUT2D eigenvalue weighted by molar-refractivity contribution is -0.123. The fourth-order valence-electron chi connectivity index (χ4n) is 2.94. The molecule has 2 N–H and O–H groups in total. The summed E-state index contributed by atoms with van der Waals surface area (Å²) in [4.78, 5) is 23.8. The molecule has 146 valence electrons. The topological polar surface area (TPSA) is 80.6 Å². The molecule has 28 heavy (non-hydrogen) atoms. The molecule has 0 aliphatic carbocycles. The maximum atomic E-state index is 12.4. The second-order valence-electron chi connectivity index (χ2n) is 6.64. The molecule has 1 heterocycles. The van der Waals surface area contributed by atoms with E-state index in [1.807, 2.05) is 32.9 Å². The van der Waals surface area contributed by atoms with Gasteiger partial charge in [-0.25, -0.2) is 0 Å². The van der Waals surface area contributed by atoms with Crippen LogP contribution in [-0.4, -0.2) is 25.0 Å². The Labute approximate surface area is 163 Å². The number of hydrogen-bond acceptors (Lipinski definition) is 4. The number of ether oxygens (including phenoxy) is 1. The number of likely N-dealkylation sites (N-methyl/N-ethyl adjacent to an activating group) is 1. The van der Waals surface area contributed by atoms with Crippen molar-refractivity contribution in [1.29, 1.82) is 0 Å². The summed E-state index contributed by atoms with van der Waals surface area (Å²) in [6.07, 6.45) is 1.87. The van der Waals surface area contributed by atoms with E-state index in [2.05, 4.69) is 10.6 Å². The van der Waals surface area contributed by atoms with Gasteiger partial charge in [-0.3, -0.25) is 9.59 Å². The summed E-state index contributed by atoms with van der Waals surface area (Å²) in [5.41, 5.74) is 4.60. The minimum Gasteiger partial charge on any atom is -0.484 e. The summed E-state index contributed by atoms with van der Waals surface area (Å²) in [7, 11) is 0. The normalized spacial score (nSPS) is 10.7. The van der Waals surface area contributed by atoms with Crippen molar-refractivity contribution in [2.45, 2.75) is 27.2 Å². The molecule has 6 heteroatoms. The van der Waals surface area contributed by atoms with Crippen molar-refractivity contribution < 1.29 is 18.7 Å². The summed E-state index contributed by atoms with van der Waals surface area (Å²) in [5.74, 6) is 0.269. The van der Waals surface area contributed by atoms with Crippen LogP contribution >= 0.6 is 0 Å². The van der Waals surface area contributed by atoms with Gasteiger partial charge in [0, 0.05) is 23.2 Å². The third-order valence-electron chi connectivity index (χ3n) is 4.57. The molecule has 0 aliphatic rings. The average molecular weight is 380 g/mol. The number of carbonyl (C=O) groups excluding carboxylic acids is 2. The lowest BCUT2D eigenvalue weighted by Gasteiger charge is -2.08. The summed E-state index contributed by atoms with van der Waals surface area (Å²) in [6.45, 7) is 6.43. The zero-order chi connectivity index (χ0) is 20.1. The lowest BCUT2D eigenvalue weighted by atomic mass is 10.0. The zero-order valence-corrected chi connectivity index (χ0v) is 16.3. The van der Waals surface area contributed by atoms with Crippen LogP contribution in [0.15, 0.2) is 47.1 Å². The van der Waals surface area contributed by atoms with Crippen LogP contribution < -0.4 is 15.4 Å². The van der Waals surface area contributed by atoms with Gasteiger partial charge in [-0.15, -0.1) is 0 Å². The molecule has 0 unspecified atom stereocenters. The number of fused-ring (bicyclic) bond motifs is 1. The highest BCUT2D eigenvalue weighted by Gasteiger charge is 2.13. The highest BCUT2D eigenvalue weighted by Crippen LogP contribution is 2.27. The van der Waals surface area contributed by atoms with E-state index in [0.29, 0.717) is 18.0 Å². The largest absolute Gasteiger partial charge is 0.484 e. The molecule has 0 saturated heterocycles. The lowest BCUT2D eigenvalue weighted by Crippen LogP contribution is -2.28. The first-order chi connectivity index (χ1) is 13.5. The van der Waals surface area contributed by atoms with Crippen LogP contribution in [0.1, 0.15) is 23.6 Å². The molecule has 1 aromatic heterocycles. The van der Waals surface area contributed by atoms with Gasteiger partial charge < -0.3 is 19.8 Å². The van der Waals surface area contributed by atoms with Gasteiger partial charge in [0.1, 0.15) is 11.3 Å². The predicted octanol–water partition coefficient (Wildman–Crippen LogP) is 3.75. The van der Waals surface area contributed by atoms with Crippen molar-refractivity contribution in [3.63, 3.8) is 0 Å². The Morgan fingerprint density at radius 1 is 1.04 bits per heavy atom. The molecule has 3 aromatic rings. The molecular weight excluding hydrogens is 356 g/mol. The molecule has 2 amide bonds. The maximum absolute atomic E-state index is 12.4. The zero-order valence-electron chi connectivity index (χ0n) is 16.3. The molecule has 0 radical (unpaired) electrons. The highest BCUT2D eigenvalue weighted by atomic mass is 16.5. The Hall–Kier alpha value is -3.28. The number of aryl methyl sites for hydroxylation is 2. The first kappa shape index (κ1) is 19.5. The van der Waals surface area contributed by atoms with E-state index in [1.54, 1.807) is 30.5 Å². The van der Waals surface area contributed by atoms with E-state index in [1.165, 1.54) is 0 Å². The standard InChI is InChI=1S/C22H24N2O4/c1-4-23-21(26)13-27-18-8-6-17(7-9-18)24-20(25)11-16-12-28-22-15(3)14(2)5-10-19(16)22/h5-10,12H,4,11,13H2,1-3H3,(H,23,26)(H,24,25). The van der Waals surface area contributed by atoms with Crippen molar-refractivity contribution in [2.24, 2.45) is 0 Å². The average Bonchev–Trinajstić information content (AvgIpc) is 3.07. The molecule has 3 rings (SSSR count). The Kier molecular flexibility index (Phi) is 5.99. The Balaban J connectivity index is 1.59. The quantitative estimate of drug-likeness (QED) is 0.654. The van der Waals surface area contributed by atoms with Gasteiger partial charge >= 0.3 is 0 Å². The van der Waals surface area contributed by atoms with Crippen molar-refractivity contribution in [3.05, 3.63) is 59.4 Å². The smallest absolute Gasteiger partial charge is 0.257 e. The second-order valence-corrected chi connectivity index (χ2v) is 6.64. The number of rotatable bonds is 7. The number of furan rings is 1. The minimum atomic E-state index is -0.169. The van der Waals surface area contributed by atoms with E-state index in [9.17, 15) is 9.59 Å². The van der Waals surface area contributed by atoms with Gasteiger partial charge in [0.25, 0.3) is 5.91 Å². The molecule has 6 nitrogen and oxygen atoms in total. The third kappa shape index (κ3) is 4.52. The van der Waals surface area contributed by atoms with E-state index >= 15 is 0 Å². The Morgan fingerprint density at radius 2 is 1.79 bits per heavy atom. The molecule has 0 fully saturated rings. The second kappa shape index (κ2) is 8.61. The first-order valence-corrected chi connectivity index (χ1v) is 9.23.